The minimum atomic E-state index is -0.572. The van der Waals surface area contributed by atoms with Crippen molar-refractivity contribution in [3.05, 3.63) is 42.0 Å². The Morgan fingerprint density at radius 1 is 1.20 bits per heavy atom. The molecule has 2 rings (SSSR count). The zero-order valence-electron chi connectivity index (χ0n) is 14.9. The summed E-state index contributed by atoms with van der Waals surface area (Å²) in [5, 5.41) is 10.2. The van der Waals surface area contributed by atoms with Crippen molar-refractivity contribution in [2.24, 2.45) is 11.8 Å². The second kappa shape index (κ2) is 10.1. The average molecular weight is 344 g/mol. The van der Waals surface area contributed by atoms with E-state index in [0.29, 0.717) is 6.42 Å². The molecule has 0 amide bonds. The number of esters is 1. The fraction of sp³-hybridized carbons (Fsp3) is 0.524. The van der Waals surface area contributed by atoms with E-state index in [4.69, 9.17) is 0 Å². The molecule has 1 fully saturated rings. The zero-order chi connectivity index (χ0) is 18.1. The first kappa shape index (κ1) is 19.4. The zero-order valence-corrected chi connectivity index (χ0v) is 14.9. The third-order valence-electron chi connectivity index (χ3n) is 4.92. The molecule has 1 aliphatic rings. The van der Waals surface area contributed by atoms with Crippen molar-refractivity contribution in [2.75, 3.05) is 7.11 Å². The van der Waals surface area contributed by atoms with Crippen LogP contribution < -0.4 is 0 Å². The highest BCUT2D eigenvalue weighted by Crippen LogP contribution is 2.34. The molecule has 4 nitrogen and oxygen atoms in total. The number of hydrogen-bond acceptors (Lipinski definition) is 4. The van der Waals surface area contributed by atoms with E-state index in [2.05, 4.69) is 4.74 Å². The first-order valence-electron chi connectivity index (χ1n) is 9.12. The molecule has 0 aromatic heterocycles. The van der Waals surface area contributed by atoms with E-state index < -0.39 is 6.10 Å². The van der Waals surface area contributed by atoms with Crippen molar-refractivity contribution in [1.82, 2.24) is 0 Å². The van der Waals surface area contributed by atoms with E-state index in [9.17, 15) is 14.7 Å². The van der Waals surface area contributed by atoms with Gasteiger partial charge in [-0.25, -0.2) is 0 Å². The van der Waals surface area contributed by atoms with Crippen LogP contribution in [0.15, 0.2) is 36.4 Å². The summed E-state index contributed by atoms with van der Waals surface area (Å²) in [5.74, 6) is -0.177. The Bertz CT molecular complexity index is 579. The Balaban J connectivity index is 1.80. The van der Waals surface area contributed by atoms with Crippen LogP contribution in [0.5, 0.6) is 0 Å². The number of Topliss-reactive ketones (excluding diaryl/α,β-unsaturated/α-hetero) is 1. The molecule has 4 heteroatoms. The molecule has 1 saturated carbocycles. The monoisotopic (exact) mass is 344 g/mol. The number of carbonyl (C=O) groups is 2. The van der Waals surface area contributed by atoms with E-state index >= 15 is 0 Å². The molecule has 1 aromatic carbocycles. The average Bonchev–Trinajstić information content (AvgIpc) is 2.89. The predicted molar refractivity (Wildman–Crippen MR) is 97.8 cm³/mol. The minimum absolute atomic E-state index is 0.0874. The number of ketones is 1. The van der Waals surface area contributed by atoms with Gasteiger partial charge in [-0.1, -0.05) is 61.7 Å². The maximum atomic E-state index is 12.2. The van der Waals surface area contributed by atoms with Gasteiger partial charge < -0.3 is 9.84 Å². The summed E-state index contributed by atoms with van der Waals surface area (Å²) in [5.41, 5.74) is 1.08. The number of rotatable bonds is 9. The molecule has 0 bridgehead atoms. The summed E-state index contributed by atoms with van der Waals surface area (Å²) in [6.45, 7) is 0. The number of carbonyl (C=O) groups excluding carboxylic acids is 2. The molecule has 0 aliphatic heterocycles. The van der Waals surface area contributed by atoms with Gasteiger partial charge in [-0.2, -0.15) is 0 Å². The quantitative estimate of drug-likeness (QED) is 0.547. The van der Waals surface area contributed by atoms with Gasteiger partial charge in [0.1, 0.15) is 5.78 Å². The summed E-state index contributed by atoms with van der Waals surface area (Å²) >= 11 is 0. The van der Waals surface area contributed by atoms with Gasteiger partial charge >= 0.3 is 5.97 Å². The van der Waals surface area contributed by atoms with Crippen molar-refractivity contribution < 1.29 is 19.4 Å². The molecule has 0 spiro atoms. The SMILES string of the molecule is COC(=O)CCCCCC[C@H]1C(=O)C[C@@H](O)[C@@H]1/C=C/c1ccccc1. The maximum Gasteiger partial charge on any atom is 0.305 e. The third-order valence-corrected chi connectivity index (χ3v) is 4.92. The van der Waals surface area contributed by atoms with Gasteiger partial charge in [0.15, 0.2) is 0 Å². The normalized spacial score (nSPS) is 23.3. The van der Waals surface area contributed by atoms with Crippen LogP contribution >= 0.6 is 0 Å². The summed E-state index contributed by atoms with van der Waals surface area (Å²) in [7, 11) is 1.41. The molecular formula is C21H28O4. The number of unbranched alkanes of at least 4 members (excludes halogenated alkanes) is 3. The molecule has 1 N–H and O–H groups in total. The molecule has 1 aromatic rings. The molecule has 1 aliphatic carbocycles. The van der Waals surface area contributed by atoms with Crippen LogP contribution in [0.25, 0.3) is 6.08 Å². The lowest BCUT2D eigenvalue weighted by molar-refractivity contribution is -0.140. The van der Waals surface area contributed by atoms with E-state index in [1.54, 1.807) is 0 Å². The van der Waals surface area contributed by atoms with Crippen molar-refractivity contribution in [3.63, 3.8) is 0 Å². The summed E-state index contributed by atoms with van der Waals surface area (Å²) in [6.07, 6.45) is 8.66. The van der Waals surface area contributed by atoms with E-state index in [-0.39, 0.29) is 30.0 Å². The summed E-state index contributed by atoms with van der Waals surface area (Å²) in [4.78, 5) is 23.3. The molecule has 0 unspecified atom stereocenters. The smallest absolute Gasteiger partial charge is 0.305 e. The number of aliphatic hydroxyl groups is 1. The number of hydrogen-bond donors (Lipinski definition) is 1. The third kappa shape index (κ3) is 6.13. The highest BCUT2D eigenvalue weighted by Gasteiger charge is 2.39. The Morgan fingerprint density at radius 2 is 1.92 bits per heavy atom. The molecule has 25 heavy (non-hydrogen) atoms. The highest BCUT2D eigenvalue weighted by molar-refractivity contribution is 5.84. The van der Waals surface area contributed by atoms with E-state index in [1.807, 2.05) is 42.5 Å². The summed E-state index contributed by atoms with van der Waals surface area (Å²) < 4.78 is 4.62. The van der Waals surface area contributed by atoms with Crippen molar-refractivity contribution in [2.45, 2.75) is 51.0 Å². The van der Waals surface area contributed by atoms with Gasteiger partial charge in [0.05, 0.1) is 13.2 Å². The Morgan fingerprint density at radius 3 is 2.64 bits per heavy atom. The summed E-state index contributed by atoms with van der Waals surface area (Å²) in [6, 6.07) is 9.93. The van der Waals surface area contributed by atoms with Crippen LogP contribution in [0, 0.1) is 11.8 Å². The number of benzene rings is 1. The highest BCUT2D eigenvalue weighted by atomic mass is 16.5. The Kier molecular flexibility index (Phi) is 7.86. The van der Waals surface area contributed by atoms with Gasteiger partial charge in [0.2, 0.25) is 0 Å². The van der Waals surface area contributed by atoms with Gasteiger partial charge in [0.25, 0.3) is 0 Å². The maximum absolute atomic E-state index is 12.2. The fourth-order valence-corrected chi connectivity index (χ4v) is 3.47. The molecule has 3 atom stereocenters. The van der Waals surface area contributed by atoms with Crippen molar-refractivity contribution in [3.8, 4) is 0 Å². The minimum Gasteiger partial charge on any atom is -0.469 e. The lowest BCUT2D eigenvalue weighted by Crippen LogP contribution is -2.18. The van der Waals surface area contributed by atoms with Crippen LogP contribution in [0.3, 0.4) is 0 Å². The van der Waals surface area contributed by atoms with Crippen molar-refractivity contribution >= 4 is 17.8 Å². The predicted octanol–water partition coefficient (Wildman–Crippen LogP) is 3.78. The Hall–Kier alpha value is -1.94. The van der Waals surface area contributed by atoms with Crippen LogP contribution in [0.4, 0.5) is 0 Å². The number of aliphatic hydroxyl groups excluding tert-OH is 1. The van der Waals surface area contributed by atoms with E-state index in [1.165, 1.54) is 7.11 Å². The number of methoxy groups -OCH3 is 1. The standard InChI is InChI=1S/C21H28O4/c1-25-21(24)12-8-3-2-7-11-17-18(20(23)15-19(17)22)14-13-16-9-5-4-6-10-16/h4-6,9-10,13-14,17-18,20,23H,2-3,7-8,11-12,15H2,1H3/b14-13+/t17-,18-,20-/m1/s1. The lowest BCUT2D eigenvalue weighted by Gasteiger charge is -2.17. The van der Waals surface area contributed by atoms with Crippen LogP contribution in [0.2, 0.25) is 0 Å². The van der Waals surface area contributed by atoms with Crippen LogP contribution in [0.1, 0.15) is 50.5 Å². The van der Waals surface area contributed by atoms with Gasteiger partial charge in [-0.05, 0) is 18.4 Å². The number of ether oxygens (including phenoxy) is 1. The second-order valence-electron chi connectivity index (χ2n) is 6.72. The molecule has 0 heterocycles. The van der Waals surface area contributed by atoms with Crippen LogP contribution in [-0.2, 0) is 14.3 Å². The van der Waals surface area contributed by atoms with E-state index in [0.717, 1.165) is 37.7 Å². The second-order valence-corrected chi connectivity index (χ2v) is 6.72. The molecular weight excluding hydrogens is 316 g/mol. The molecule has 136 valence electrons. The van der Waals surface area contributed by atoms with Gasteiger partial charge in [0, 0.05) is 24.7 Å². The largest absolute Gasteiger partial charge is 0.469 e. The molecule has 0 saturated heterocycles. The van der Waals surface area contributed by atoms with Crippen LogP contribution in [-0.4, -0.2) is 30.1 Å². The van der Waals surface area contributed by atoms with Gasteiger partial charge in [-0.15, -0.1) is 0 Å². The first-order valence-corrected chi connectivity index (χ1v) is 9.12. The molecule has 0 radical (unpaired) electrons. The lowest BCUT2D eigenvalue weighted by atomic mass is 9.88. The van der Waals surface area contributed by atoms with Crippen molar-refractivity contribution in [1.29, 1.82) is 0 Å². The topological polar surface area (TPSA) is 63.6 Å². The van der Waals surface area contributed by atoms with Gasteiger partial charge in [-0.3, -0.25) is 9.59 Å². The fourth-order valence-electron chi connectivity index (χ4n) is 3.47. The first-order chi connectivity index (χ1) is 12.1. The Labute approximate surface area is 149 Å².